The second-order valence-electron chi connectivity index (χ2n) is 6.14. The van der Waals surface area contributed by atoms with Gasteiger partial charge in [0.2, 0.25) is 0 Å². The Hall–Kier alpha value is -1.26. The van der Waals surface area contributed by atoms with Crippen LogP contribution in [-0.4, -0.2) is 38.3 Å². The topological polar surface area (TPSA) is 47.7 Å². The fourth-order valence-corrected chi connectivity index (χ4v) is 3.21. The molecule has 0 aromatic heterocycles. The molecule has 1 saturated carbocycles. The van der Waals surface area contributed by atoms with Crippen LogP contribution in [0.4, 0.5) is 0 Å². The summed E-state index contributed by atoms with van der Waals surface area (Å²) >= 11 is 0. The van der Waals surface area contributed by atoms with Crippen LogP contribution in [-0.2, 0) is 5.54 Å². The van der Waals surface area contributed by atoms with Gasteiger partial charge in [-0.05, 0) is 38.8 Å². The lowest BCUT2D eigenvalue weighted by atomic mass is 9.72. The number of rotatable bonds is 4. The molecule has 1 heterocycles. The lowest BCUT2D eigenvalue weighted by Gasteiger charge is -2.39. The van der Waals surface area contributed by atoms with Crippen LogP contribution in [0.25, 0.3) is 0 Å². The molecule has 0 spiro atoms. The molecule has 20 heavy (non-hydrogen) atoms. The maximum absolute atomic E-state index is 6.46. The van der Waals surface area contributed by atoms with Crippen molar-refractivity contribution in [1.29, 1.82) is 0 Å². The summed E-state index contributed by atoms with van der Waals surface area (Å²) in [5, 5.41) is 0. The second-order valence-corrected chi connectivity index (χ2v) is 6.14. The molecule has 3 rings (SSSR count). The number of nitrogens with zero attached hydrogens (tertiary/aromatic N) is 1. The molecule has 1 aromatic rings. The zero-order valence-electron chi connectivity index (χ0n) is 12.4. The lowest BCUT2D eigenvalue weighted by Crippen LogP contribution is -2.43. The average molecular weight is 276 g/mol. The van der Waals surface area contributed by atoms with Crippen molar-refractivity contribution in [3.63, 3.8) is 0 Å². The summed E-state index contributed by atoms with van der Waals surface area (Å²) in [6, 6.07) is 6.09. The van der Waals surface area contributed by atoms with Gasteiger partial charge < -0.3 is 20.1 Å². The van der Waals surface area contributed by atoms with E-state index >= 15 is 0 Å². The van der Waals surface area contributed by atoms with Crippen LogP contribution >= 0.6 is 0 Å². The van der Waals surface area contributed by atoms with Gasteiger partial charge in [0.05, 0.1) is 7.11 Å². The van der Waals surface area contributed by atoms with Gasteiger partial charge in [-0.15, -0.1) is 0 Å². The van der Waals surface area contributed by atoms with Crippen molar-refractivity contribution >= 4 is 0 Å². The van der Waals surface area contributed by atoms with Gasteiger partial charge in [-0.2, -0.15) is 0 Å². The molecule has 1 saturated heterocycles. The third kappa shape index (κ3) is 2.38. The minimum absolute atomic E-state index is 0.225. The van der Waals surface area contributed by atoms with Crippen LogP contribution in [0, 0.1) is 0 Å². The van der Waals surface area contributed by atoms with Crippen molar-refractivity contribution < 1.29 is 9.47 Å². The van der Waals surface area contributed by atoms with Crippen molar-refractivity contribution in [3.05, 3.63) is 23.8 Å². The van der Waals surface area contributed by atoms with Crippen molar-refractivity contribution in [2.45, 2.75) is 37.3 Å². The molecule has 2 aliphatic rings. The zero-order chi connectivity index (χ0) is 14.2. The van der Waals surface area contributed by atoms with E-state index in [2.05, 4.69) is 18.0 Å². The van der Waals surface area contributed by atoms with Gasteiger partial charge >= 0.3 is 0 Å². The number of benzene rings is 1. The summed E-state index contributed by atoms with van der Waals surface area (Å²) in [5.74, 6) is 1.66. The SMILES string of the molecule is COc1c(OC2CCN(C)C2)cccc1C1(N)CCC1. The van der Waals surface area contributed by atoms with Crippen LogP contribution in [0.15, 0.2) is 18.2 Å². The van der Waals surface area contributed by atoms with Crippen LogP contribution in [0.2, 0.25) is 0 Å². The number of likely N-dealkylation sites (N-methyl/N-ethyl adjacent to an activating group) is 1. The van der Waals surface area contributed by atoms with E-state index in [1.54, 1.807) is 7.11 Å². The minimum atomic E-state index is -0.225. The molecule has 2 N–H and O–H groups in total. The number of ether oxygens (including phenoxy) is 2. The fraction of sp³-hybridized carbons (Fsp3) is 0.625. The van der Waals surface area contributed by atoms with E-state index in [0.717, 1.165) is 49.4 Å². The Balaban J connectivity index is 1.85. The van der Waals surface area contributed by atoms with Gasteiger partial charge in [0, 0.05) is 24.2 Å². The standard InChI is InChI=1S/C16H24N2O2/c1-18-10-7-12(11-18)20-14-6-3-5-13(15(14)19-2)16(17)8-4-9-16/h3,5-6,12H,4,7-11,17H2,1-2H3. The van der Waals surface area contributed by atoms with Crippen LogP contribution in [0.1, 0.15) is 31.2 Å². The Labute approximate surface area is 120 Å². The molecule has 4 nitrogen and oxygen atoms in total. The van der Waals surface area contributed by atoms with E-state index < -0.39 is 0 Å². The van der Waals surface area contributed by atoms with E-state index in [4.69, 9.17) is 15.2 Å². The van der Waals surface area contributed by atoms with Crippen molar-refractivity contribution in [2.75, 3.05) is 27.2 Å². The molecular weight excluding hydrogens is 252 g/mol. The number of nitrogens with two attached hydrogens (primary N) is 1. The number of hydrogen-bond acceptors (Lipinski definition) is 4. The summed E-state index contributed by atoms with van der Waals surface area (Å²) in [4.78, 5) is 2.29. The van der Waals surface area contributed by atoms with Gasteiger partial charge in [-0.3, -0.25) is 0 Å². The molecule has 2 fully saturated rings. The van der Waals surface area contributed by atoms with Gasteiger partial charge in [0.1, 0.15) is 6.10 Å². The Morgan fingerprint density at radius 2 is 2.15 bits per heavy atom. The molecule has 1 atom stereocenters. The predicted molar refractivity (Wildman–Crippen MR) is 79.2 cm³/mol. The summed E-state index contributed by atoms with van der Waals surface area (Å²) in [6.07, 6.45) is 4.56. The number of para-hydroxylation sites is 1. The molecule has 110 valence electrons. The van der Waals surface area contributed by atoms with E-state index in [1.165, 1.54) is 6.42 Å². The van der Waals surface area contributed by atoms with E-state index in [9.17, 15) is 0 Å². The predicted octanol–water partition coefficient (Wildman–Crippen LogP) is 2.12. The summed E-state index contributed by atoms with van der Waals surface area (Å²) < 4.78 is 11.8. The first-order chi connectivity index (χ1) is 9.62. The number of methoxy groups -OCH3 is 1. The highest BCUT2D eigenvalue weighted by atomic mass is 16.5. The summed E-state index contributed by atoms with van der Waals surface area (Å²) in [5.41, 5.74) is 7.32. The maximum atomic E-state index is 6.46. The summed E-state index contributed by atoms with van der Waals surface area (Å²) in [6.45, 7) is 2.06. The normalized spacial score (nSPS) is 25.2. The van der Waals surface area contributed by atoms with Gasteiger partial charge in [0.15, 0.2) is 11.5 Å². The molecule has 4 heteroatoms. The molecule has 0 bridgehead atoms. The van der Waals surface area contributed by atoms with E-state index in [1.807, 2.05) is 12.1 Å². The maximum Gasteiger partial charge on any atom is 0.165 e. The van der Waals surface area contributed by atoms with Crippen molar-refractivity contribution in [3.8, 4) is 11.5 Å². The molecule has 1 aliphatic carbocycles. The fourth-order valence-electron chi connectivity index (χ4n) is 3.21. The second kappa shape index (κ2) is 5.26. The van der Waals surface area contributed by atoms with Gasteiger partial charge in [-0.25, -0.2) is 0 Å². The molecule has 1 aromatic carbocycles. The highest BCUT2D eigenvalue weighted by Gasteiger charge is 2.37. The Bertz CT molecular complexity index is 485. The molecular formula is C16H24N2O2. The highest BCUT2D eigenvalue weighted by molar-refractivity contribution is 5.50. The molecule has 0 amide bonds. The number of likely N-dealkylation sites (tertiary alicyclic amines) is 1. The smallest absolute Gasteiger partial charge is 0.165 e. The van der Waals surface area contributed by atoms with E-state index in [0.29, 0.717) is 0 Å². The average Bonchev–Trinajstić information content (AvgIpc) is 2.81. The van der Waals surface area contributed by atoms with Gasteiger partial charge in [0.25, 0.3) is 0 Å². The van der Waals surface area contributed by atoms with E-state index in [-0.39, 0.29) is 11.6 Å². The largest absolute Gasteiger partial charge is 0.493 e. The van der Waals surface area contributed by atoms with Crippen LogP contribution in [0.3, 0.4) is 0 Å². The zero-order valence-corrected chi connectivity index (χ0v) is 12.4. The summed E-state index contributed by atoms with van der Waals surface area (Å²) in [7, 11) is 3.83. The molecule has 0 radical (unpaired) electrons. The van der Waals surface area contributed by atoms with Crippen molar-refractivity contribution in [2.24, 2.45) is 5.73 Å². The first-order valence-corrected chi connectivity index (χ1v) is 7.44. The highest BCUT2D eigenvalue weighted by Crippen LogP contribution is 2.46. The molecule has 1 aliphatic heterocycles. The van der Waals surface area contributed by atoms with Crippen molar-refractivity contribution in [1.82, 2.24) is 4.90 Å². The van der Waals surface area contributed by atoms with Gasteiger partial charge in [-0.1, -0.05) is 12.1 Å². The third-order valence-electron chi connectivity index (χ3n) is 4.61. The Morgan fingerprint density at radius 3 is 2.70 bits per heavy atom. The quantitative estimate of drug-likeness (QED) is 0.915. The first kappa shape index (κ1) is 13.7. The van der Waals surface area contributed by atoms with Crippen LogP contribution < -0.4 is 15.2 Å². The third-order valence-corrected chi connectivity index (χ3v) is 4.61. The number of hydrogen-bond donors (Lipinski definition) is 1. The Morgan fingerprint density at radius 1 is 1.35 bits per heavy atom. The lowest BCUT2D eigenvalue weighted by molar-refractivity contribution is 0.193. The molecule has 1 unspecified atom stereocenters. The van der Waals surface area contributed by atoms with Crippen LogP contribution in [0.5, 0.6) is 11.5 Å². The Kier molecular flexibility index (Phi) is 3.61. The monoisotopic (exact) mass is 276 g/mol. The minimum Gasteiger partial charge on any atom is -0.493 e. The first-order valence-electron chi connectivity index (χ1n) is 7.44.